The fourth-order valence-electron chi connectivity index (χ4n) is 5.64. The minimum atomic E-state index is -0.0260. The van der Waals surface area contributed by atoms with E-state index in [0.717, 1.165) is 42.3 Å². The third-order valence-electron chi connectivity index (χ3n) is 7.10. The number of ether oxygens (including phenoxy) is 1. The summed E-state index contributed by atoms with van der Waals surface area (Å²) in [5.74, 6) is 2.59. The van der Waals surface area contributed by atoms with Gasteiger partial charge in [-0.15, -0.1) is 0 Å². The number of hydrogen-bond acceptors (Lipinski definition) is 5. The average Bonchev–Trinajstić information content (AvgIpc) is 3.42. The highest BCUT2D eigenvalue weighted by Crippen LogP contribution is 2.46. The normalized spacial score (nSPS) is 32.1. The van der Waals surface area contributed by atoms with Crippen LogP contribution in [0.1, 0.15) is 37.0 Å². The molecule has 1 atom stereocenters. The van der Waals surface area contributed by atoms with Crippen LogP contribution in [0.25, 0.3) is 11.1 Å². The Bertz CT molecular complexity index is 849. The first-order valence-electron chi connectivity index (χ1n) is 10.5. The number of rotatable bonds is 3. The molecule has 0 unspecified atom stereocenters. The molecule has 4 saturated heterocycles. The number of aromatic nitrogens is 1. The molecule has 5 aliphatic rings. The molecule has 7 heterocycles. The van der Waals surface area contributed by atoms with E-state index in [1.54, 1.807) is 0 Å². The number of hydrogen-bond donors (Lipinski definition) is 0. The van der Waals surface area contributed by atoms with Crippen LogP contribution in [-0.4, -0.2) is 53.1 Å². The third kappa shape index (κ3) is 2.71. The maximum atomic E-state index is 6.47. The zero-order chi connectivity index (χ0) is 17.8. The van der Waals surface area contributed by atoms with Crippen molar-refractivity contribution in [1.29, 1.82) is 0 Å². The second-order valence-electron chi connectivity index (χ2n) is 8.87. The molecule has 5 nitrogen and oxygen atoms in total. The molecule has 0 aromatic carbocycles. The monoisotopic (exact) mass is 365 g/mol. The SMILES string of the molecule is c1nc2c(cc1-c1coc(CN3CCCC3)c1)C[C@@]1(CN3CCC1CC3)O2. The molecule has 142 valence electrons. The Hall–Kier alpha value is -1.85. The lowest BCUT2D eigenvalue weighted by atomic mass is 9.73. The lowest BCUT2D eigenvalue weighted by molar-refractivity contribution is -0.0814. The van der Waals surface area contributed by atoms with Gasteiger partial charge in [0.2, 0.25) is 5.88 Å². The topological polar surface area (TPSA) is 41.7 Å². The molecule has 0 amide bonds. The summed E-state index contributed by atoms with van der Waals surface area (Å²) in [6, 6.07) is 4.46. The van der Waals surface area contributed by atoms with Crippen molar-refractivity contribution >= 4 is 0 Å². The van der Waals surface area contributed by atoms with Gasteiger partial charge in [-0.3, -0.25) is 9.80 Å². The smallest absolute Gasteiger partial charge is 0.217 e. The van der Waals surface area contributed by atoms with Crippen LogP contribution in [0.4, 0.5) is 0 Å². The van der Waals surface area contributed by atoms with Gasteiger partial charge in [0, 0.05) is 41.8 Å². The largest absolute Gasteiger partial charge is 0.469 e. The molecule has 5 aliphatic heterocycles. The summed E-state index contributed by atoms with van der Waals surface area (Å²) in [5.41, 5.74) is 3.52. The van der Waals surface area contributed by atoms with E-state index in [-0.39, 0.29) is 5.60 Å². The van der Waals surface area contributed by atoms with Gasteiger partial charge in [-0.25, -0.2) is 4.98 Å². The zero-order valence-electron chi connectivity index (χ0n) is 15.8. The summed E-state index contributed by atoms with van der Waals surface area (Å²) in [7, 11) is 0. The number of likely N-dealkylation sites (tertiary alicyclic amines) is 1. The van der Waals surface area contributed by atoms with Gasteiger partial charge in [0.15, 0.2) is 0 Å². The average molecular weight is 365 g/mol. The lowest BCUT2D eigenvalue weighted by Crippen LogP contribution is -2.61. The van der Waals surface area contributed by atoms with Crippen molar-refractivity contribution < 1.29 is 9.15 Å². The van der Waals surface area contributed by atoms with E-state index in [9.17, 15) is 0 Å². The summed E-state index contributed by atoms with van der Waals surface area (Å²) < 4.78 is 12.3. The highest BCUT2D eigenvalue weighted by Gasteiger charge is 2.52. The predicted octanol–water partition coefficient (Wildman–Crippen LogP) is 3.34. The number of furan rings is 1. The first-order valence-corrected chi connectivity index (χ1v) is 10.5. The molecule has 0 saturated carbocycles. The van der Waals surface area contributed by atoms with Crippen LogP contribution in [0.3, 0.4) is 0 Å². The molecule has 1 spiro atoms. The second kappa shape index (κ2) is 6.08. The molecule has 27 heavy (non-hydrogen) atoms. The van der Waals surface area contributed by atoms with Gasteiger partial charge in [0.1, 0.15) is 11.4 Å². The second-order valence-corrected chi connectivity index (χ2v) is 8.87. The minimum absolute atomic E-state index is 0.0260. The summed E-state index contributed by atoms with van der Waals surface area (Å²) >= 11 is 0. The van der Waals surface area contributed by atoms with Crippen molar-refractivity contribution in [2.45, 2.75) is 44.2 Å². The third-order valence-corrected chi connectivity index (χ3v) is 7.10. The van der Waals surface area contributed by atoms with E-state index in [2.05, 4.69) is 26.9 Å². The standard InChI is InChI=1S/C22H27N3O2/c1-2-6-24(5-1)13-20-10-18(14-26-20)17-9-16-11-22(27-21(16)23-12-17)15-25-7-3-19(22)4-8-25/h9-10,12,14,19H,1-8,11,13,15H2/t22-/m0/s1. The van der Waals surface area contributed by atoms with E-state index < -0.39 is 0 Å². The van der Waals surface area contributed by atoms with Gasteiger partial charge in [-0.1, -0.05) is 0 Å². The van der Waals surface area contributed by atoms with Crippen molar-refractivity contribution in [3.05, 3.63) is 35.9 Å². The Morgan fingerprint density at radius 3 is 2.70 bits per heavy atom. The highest BCUT2D eigenvalue weighted by atomic mass is 16.5. The van der Waals surface area contributed by atoms with Gasteiger partial charge < -0.3 is 9.15 Å². The molecular weight excluding hydrogens is 338 g/mol. The van der Waals surface area contributed by atoms with E-state index >= 15 is 0 Å². The molecule has 2 bridgehead atoms. The van der Waals surface area contributed by atoms with E-state index in [1.165, 1.54) is 57.4 Å². The molecule has 0 aliphatic carbocycles. The van der Waals surface area contributed by atoms with Crippen LogP contribution in [0.15, 0.2) is 29.0 Å². The maximum Gasteiger partial charge on any atom is 0.217 e. The summed E-state index contributed by atoms with van der Waals surface area (Å²) in [6.07, 6.45) is 9.98. The van der Waals surface area contributed by atoms with Crippen molar-refractivity contribution in [3.8, 4) is 17.0 Å². The molecular formula is C22H27N3O2. The highest BCUT2D eigenvalue weighted by molar-refractivity contribution is 5.64. The predicted molar refractivity (Wildman–Crippen MR) is 103 cm³/mol. The number of pyridine rings is 1. The van der Waals surface area contributed by atoms with Gasteiger partial charge in [-0.05, 0) is 64.0 Å². The number of nitrogens with zero attached hydrogens (tertiary/aromatic N) is 3. The molecule has 7 rings (SSSR count). The van der Waals surface area contributed by atoms with Gasteiger partial charge in [0.25, 0.3) is 0 Å². The first-order chi connectivity index (χ1) is 13.3. The van der Waals surface area contributed by atoms with Crippen LogP contribution in [0.5, 0.6) is 5.88 Å². The number of fused-ring (bicyclic) bond motifs is 3. The zero-order valence-corrected chi connectivity index (χ0v) is 15.8. The Morgan fingerprint density at radius 2 is 1.93 bits per heavy atom. The Balaban J connectivity index is 1.23. The Kier molecular flexibility index (Phi) is 3.63. The minimum Gasteiger partial charge on any atom is -0.469 e. The molecule has 0 radical (unpaired) electrons. The van der Waals surface area contributed by atoms with Crippen LogP contribution < -0.4 is 4.74 Å². The Labute approximate surface area is 160 Å². The van der Waals surface area contributed by atoms with E-state index in [0.29, 0.717) is 5.92 Å². The van der Waals surface area contributed by atoms with Crippen molar-refractivity contribution in [2.24, 2.45) is 5.92 Å². The molecule has 2 aromatic rings. The van der Waals surface area contributed by atoms with E-state index in [4.69, 9.17) is 9.15 Å². The molecule has 4 fully saturated rings. The fraction of sp³-hybridized carbons (Fsp3) is 0.591. The molecule has 0 N–H and O–H groups in total. The Morgan fingerprint density at radius 1 is 1.07 bits per heavy atom. The van der Waals surface area contributed by atoms with Gasteiger partial charge in [0.05, 0.1) is 12.8 Å². The quantitative estimate of drug-likeness (QED) is 0.835. The summed E-state index contributed by atoms with van der Waals surface area (Å²) in [4.78, 5) is 9.72. The van der Waals surface area contributed by atoms with Crippen LogP contribution in [-0.2, 0) is 13.0 Å². The van der Waals surface area contributed by atoms with Crippen molar-refractivity contribution in [3.63, 3.8) is 0 Å². The van der Waals surface area contributed by atoms with Gasteiger partial charge in [-0.2, -0.15) is 0 Å². The van der Waals surface area contributed by atoms with Crippen LogP contribution in [0.2, 0.25) is 0 Å². The van der Waals surface area contributed by atoms with Crippen molar-refractivity contribution in [2.75, 3.05) is 32.7 Å². The first kappa shape index (κ1) is 16.1. The number of piperidine rings is 3. The van der Waals surface area contributed by atoms with Gasteiger partial charge >= 0.3 is 0 Å². The van der Waals surface area contributed by atoms with Crippen LogP contribution in [0, 0.1) is 5.92 Å². The lowest BCUT2D eigenvalue weighted by Gasteiger charge is -2.50. The van der Waals surface area contributed by atoms with E-state index in [1.807, 2.05) is 12.5 Å². The van der Waals surface area contributed by atoms with Crippen LogP contribution >= 0.6 is 0 Å². The molecule has 2 aromatic heterocycles. The fourth-order valence-corrected chi connectivity index (χ4v) is 5.64. The molecule has 5 heteroatoms. The maximum absolute atomic E-state index is 6.47. The summed E-state index contributed by atoms with van der Waals surface area (Å²) in [6.45, 7) is 6.83. The summed E-state index contributed by atoms with van der Waals surface area (Å²) in [5, 5.41) is 0. The van der Waals surface area contributed by atoms with Crippen molar-refractivity contribution in [1.82, 2.24) is 14.8 Å².